The molecule has 0 aliphatic rings. The van der Waals surface area contributed by atoms with E-state index in [2.05, 4.69) is 10.3 Å². The Kier molecular flexibility index (Phi) is 6.21. The number of halogens is 2. The van der Waals surface area contributed by atoms with Gasteiger partial charge in [0.2, 0.25) is 5.91 Å². The highest BCUT2D eigenvalue weighted by molar-refractivity contribution is 6.31. The Balaban J connectivity index is 1.91. The van der Waals surface area contributed by atoms with Crippen molar-refractivity contribution in [1.29, 1.82) is 0 Å². The molecular formula is C24H20ClFN4O4. The maximum atomic E-state index is 13.6. The number of nitrogens with zero attached hydrogens (tertiary/aromatic N) is 3. The van der Waals surface area contributed by atoms with Crippen LogP contribution >= 0.6 is 11.6 Å². The van der Waals surface area contributed by atoms with E-state index >= 15 is 0 Å². The lowest BCUT2D eigenvalue weighted by atomic mass is 10.1. The van der Waals surface area contributed by atoms with Crippen molar-refractivity contribution < 1.29 is 13.9 Å². The van der Waals surface area contributed by atoms with Gasteiger partial charge in [0.1, 0.15) is 18.1 Å². The predicted molar refractivity (Wildman–Crippen MR) is 128 cm³/mol. The summed E-state index contributed by atoms with van der Waals surface area (Å²) in [6.07, 6.45) is 0. The number of carbonyl (C=O) groups excluding carboxylic acids is 1. The fourth-order valence-electron chi connectivity index (χ4n) is 3.77. The zero-order valence-electron chi connectivity index (χ0n) is 18.6. The van der Waals surface area contributed by atoms with Crippen LogP contribution in [0.1, 0.15) is 11.3 Å². The van der Waals surface area contributed by atoms with E-state index in [4.69, 9.17) is 16.3 Å². The number of fused-ring (bicyclic) bond motifs is 1. The third kappa shape index (κ3) is 4.17. The molecule has 0 atom stereocenters. The number of aryl methyl sites for hydroxylation is 2. The van der Waals surface area contributed by atoms with Gasteiger partial charge in [-0.3, -0.25) is 9.59 Å². The molecule has 0 unspecified atom stereocenters. The van der Waals surface area contributed by atoms with Crippen LogP contribution in [0, 0.1) is 19.7 Å². The number of methoxy groups -OCH3 is 1. The molecule has 0 spiro atoms. The molecule has 10 heteroatoms. The molecule has 1 amide bonds. The molecule has 1 N–H and O–H groups in total. The van der Waals surface area contributed by atoms with Crippen molar-refractivity contribution in [2.24, 2.45) is 0 Å². The van der Waals surface area contributed by atoms with Crippen LogP contribution in [-0.2, 0) is 11.3 Å². The number of aromatic nitrogens is 3. The van der Waals surface area contributed by atoms with E-state index in [-0.39, 0.29) is 21.7 Å². The fourth-order valence-corrected chi connectivity index (χ4v) is 3.95. The SMILES string of the molecule is COc1ccccc1-n1c(=O)n(CC(=O)Nc2ccc(F)c(Cl)c2)c(=O)c2c(C)cc(C)nc21. The molecule has 2 aromatic carbocycles. The summed E-state index contributed by atoms with van der Waals surface area (Å²) in [5, 5.41) is 2.56. The zero-order valence-corrected chi connectivity index (χ0v) is 19.3. The number of rotatable bonds is 5. The van der Waals surface area contributed by atoms with E-state index in [0.717, 1.165) is 10.6 Å². The van der Waals surface area contributed by atoms with Crippen LogP contribution < -0.4 is 21.3 Å². The Morgan fingerprint density at radius 2 is 1.88 bits per heavy atom. The number of benzene rings is 2. The van der Waals surface area contributed by atoms with Crippen molar-refractivity contribution in [3.63, 3.8) is 0 Å². The zero-order chi connectivity index (χ0) is 24.6. The summed E-state index contributed by atoms with van der Waals surface area (Å²) in [5.41, 5.74) is 0.585. The topological polar surface area (TPSA) is 95.2 Å². The first-order chi connectivity index (χ1) is 16.2. The van der Waals surface area contributed by atoms with Crippen LogP contribution in [-0.4, -0.2) is 27.1 Å². The Hall–Kier alpha value is -3.98. The number of ether oxygens (including phenoxy) is 1. The largest absolute Gasteiger partial charge is 0.495 e. The van der Waals surface area contributed by atoms with Crippen molar-refractivity contribution in [3.8, 4) is 11.4 Å². The minimum absolute atomic E-state index is 0.166. The van der Waals surface area contributed by atoms with Gasteiger partial charge in [0.15, 0.2) is 5.65 Å². The lowest BCUT2D eigenvalue weighted by Crippen LogP contribution is -2.42. The molecule has 0 bridgehead atoms. The predicted octanol–water partition coefficient (Wildman–Crippen LogP) is 3.60. The van der Waals surface area contributed by atoms with Crippen molar-refractivity contribution in [2.75, 3.05) is 12.4 Å². The number of hydrogen-bond acceptors (Lipinski definition) is 5. The van der Waals surface area contributed by atoms with Gasteiger partial charge in [0, 0.05) is 11.4 Å². The minimum Gasteiger partial charge on any atom is -0.495 e. The van der Waals surface area contributed by atoms with Gasteiger partial charge >= 0.3 is 5.69 Å². The Morgan fingerprint density at radius 3 is 2.59 bits per heavy atom. The molecule has 34 heavy (non-hydrogen) atoms. The van der Waals surface area contributed by atoms with Crippen molar-refractivity contribution >= 4 is 34.2 Å². The number of amides is 1. The van der Waals surface area contributed by atoms with Crippen LogP contribution in [0.25, 0.3) is 16.7 Å². The first-order valence-corrected chi connectivity index (χ1v) is 10.6. The van der Waals surface area contributed by atoms with E-state index in [0.29, 0.717) is 22.7 Å². The molecular weight excluding hydrogens is 463 g/mol. The Morgan fingerprint density at radius 1 is 1.15 bits per heavy atom. The van der Waals surface area contributed by atoms with E-state index in [1.165, 1.54) is 23.8 Å². The third-order valence-electron chi connectivity index (χ3n) is 5.25. The van der Waals surface area contributed by atoms with E-state index in [1.807, 2.05) is 0 Å². The molecule has 0 aliphatic heterocycles. The molecule has 174 valence electrons. The summed E-state index contributed by atoms with van der Waals surface area (Å²) in [5.74, 6) is -0.906. The summed E-state index contributed by atoms with van der Waals surface area (Å²) in [6, 6.07) is 12.2. The molecule has 8 nitrogen and oxygen atoms in total. The van der Waals surface area contributed by atoms with Gasteiger partial charge in [-0.15, -0.1) is 0 Å². The summed E-state index contributed by atoms with van der Waals surface area (Å²) >= 11 is 5.77. The average Bonchev–Trinajstić information content (AvgIpc) is 2.79. The molecule has 0 saturated carbocycles. The molecule has 0 fully saturated rings. The van der Waals surface area contributed by atoms with E-state index in [1.54, 1.807) is 44.2 Å². The number of nitrogens with one attached hydrogen (secondary N) is 1. The van der Waals surface area contributed by atoms with Crippen LogP contribution in [0.3, 0.4) is 0 Å². The number of anilines is 1. The van der Waals surface area contributed by atoms with E-state index < -0.39 is 29.5 Å². The standard InChI is InChI=1S/C24H20ClFN4O4/c1-13-10-14(2)27-22-21(13)23(32)29(12-20(31)28-15-8-9-17(26)16(25)11-15)24(33)30(22)18-6-4-5-7-19(18)34-3/h4-11H,12H2,1-3H3,(H,28,31). The second-order valence-electron chi connectivity index (χ2n) is 7.64. The van der Waals surface area contributed by atoms with Crippen LogP contribution in [0.5, 0.6) is 5.75 Å². The Labute approximate surface area is 198 Å². The quantitative estimate of drug-likeness (QED) is 0.469. The fraction of sp³-hybridized carbons (Fsp3) is 0.167. The molecule has 4 aromatic rings. The summed E-state index contributed by atoms with van der Waals surface area (Å²) in [6.45, 7) is 2.92. The monoisotopic (exact) mass is 482 g/mol. The van der Waals surface area contributed by atoms with E-state index in [9.17, 15) is 18.8 Å². The highest BCUT2D eigenvalue weighted by Gasteiger charge is 2.21. The number of para-hydroxylation sites is 2. The minimum atomic E-state index is -0.758. The molecule has 0 saturated heterocycles. The number of hydrogen-bond donors (Lipinski definition) is 1. The van der Waals surface area contributed by atoms with Gasteiger partial charge < -0.3 is 10.1 Å². The normalized spacial score (nSPS) is 11.0. The molecule has 2 heterocycles. The highest BCUT2D eigenvalue weighted by atomic mass is 35.5. The van der Waals surface area contributed by atoms with Crippen molar-refractivity contribution in [2.45, 2.75) is 20.4 Å². The van der Waals surface area contributed by atoms with Gasteiger partial charge in [-0.25, -0.2) is 23.3 Å². The van der Waals surface area contributed by atoms with Crippen molar-refractivity contribution in [3.05, 3.63) is 91.5 Å². The molecule has 2 aromatic heterocycles. The maximum absolute atomic E-state index is 13.6. The summed E-state index contributed by atoms with van der Waals surface area (Å²) < 4.78 is 20.9. The second-order valence-corrected chi connectivity index (χ2v) is 8.04. The first kappa shape index (κ1) is 23.2. The first-order valence-electron chi connectivity index (χ1n) is 10.2. The van der Waals surface area contributed by atoms with Crippen LogP contribution in [0.15, 0.2) is 58.1 Å². The molecule has 0 aliphatic carbocycles. The summed E-state index contributed by atoms with van der Waals surface area (Å²) in [4.78, 5) is 44.1. The number of carbonyl (C=O) groups is 1. The smallest absolute Gasteiger partial charge is 0.337 e. The van der Waals surface area contributed by atoms with Gasteiger partial charge in [-0.1, -0.05) is 23.7 Å². The van der Waals surface area contributed by atoms with Crippen molar-refractivity contribution in [1.82, 2.24) is 14.1 Å². The Bertz CT molecular complexity index is 1560. The second kappa shape index (κ2) is 9.11. The highest BCUT2D eigenvalue weighted by Crippen LogP contribution is 2.24. The maximum Gasteiger partial charge on any atom is 0.337 e. The lowest BCUT2D eigenvalue weighted by molar-refractivity contribution is -0.116. The van der Waals surface area contributed by atoms with Crippen LogP contribution in [0.4, 0.5) is 10.1 Å². The average molecular weight is 483 g/mol. The van der Waals surface area contributed by atoms with Gasteiger partial charge in [-0.2, -0.15) is 0 Å². The molecule has 4 rings (SSSR count). The third-order valence-corrected chi connectivity index (χ3v) is 5.54. The van der Waals surface area contributed by atoms with Gasteiger partial charge in [0.05, 0.1) is 23.2 Å². The summed E-state index contributed by atoms with van der Waals surface area (Å²) in [7, 11) is 1.47. The number of pyridine rings is 1. The molecule has 0 radical (unpaired) electrons. The van der Waals surface area contributed by atoms with Gasteiger partial charge in [-0.05, 0) is 55.8 Å². The lowest BCUT2D eigenvalue weighted by Gasteiger charge is -2.17. The van der Waals surface area contributed by atoms with Gasteiger partial charge in [0.25, 0.3) is 5.56 Å². The van der Waals surface area contributed by atoms with Crippen LogP contribution in [0.2, 0.25) is 5.02 Å².